The summed E-state index contributed by atoms with van der Waals surface area (Å²) in [6.07, 6.45) is 8.86. The first-order chi connectivity index (χ1) is 13.7. The molecule has 2 aromatic heterocycles. The first-order valence-corrected chi connectivity index (χ1v) is 10.2. The van der Waals surface area contributed by atoms with Gasteiger partial charge in [-0.1, -0.05) is 18.0 Å². The third-order valence-corrected chi connectivity index (χ3v) is 5.72. The number of aromatic nitrogens is 3. The van der Waals surface area contributed by atoms with Crippen LogP contribution in [0.1, 0.15) is 44.5 Å². The van der Waals surface area contributed by atoms with E-state index in [-0.39, 0.29) is 12.1 Å². The molecule has 150 valence electrons. The minimum absolute atomic E-state index is 0.0749. The van der Waals surface area contributed by atoms with Crippen LogP contribution in [0.5, 0.6) is 0 Å². The summed E-state index contributed by atoms with van der Waals surface area (Å²) in [5.74, 6) is 1.73. The second-order valence-electron chi connectivity index (χ2n) is 7.81. The largest absolute Gasteiger partial charge is 0.337 e. The maximum absolute atomic E-state index is 12.6. The Morgan fingerprint density at radius 1 is 1.29 bits per heavy atom. The van der Waals surface area contributed by atoms with Crippen LogP contribution < -0.4 is 5.32 Å². The molecule has 3 heterocycles. The van der Waals surface area contributed by atoms with Crippen LogP contribution in [0.15, 0.2) is 29.0 Å². The molecule has 28 heavy (non-hydrogen) atoms. The molecule has 0 bridgehead atoms. The molecule has 1 N–H and O–H groups in total. The molecule has 0 radical (unpaired) electrons. The first-order valence-electron chi connectivity index (χ1n) is 10.2. The van der Waals surface area contributed by atoms with Crippen LogP contribution in [0.2, 0.25) is 0 Å². The topological polar surface area (TPSA) is 87.4 Å². The Kier molecular flexibility index (Phi) is 5.85. The zero-order chi connectivity index (χ0) is 19.3. The van der Waals surface area contributed by atoms with Crippen molar-refractivity contribution < 1.29 is 9.32 Å². The zero-order valence-electron chi connectivity index (χ0n) is 16.4. The minimum atomic E-state index is -0.345. The van der Waals surface area contributed by atoms with Gasteiger partial charge in [0.1, 0.15) is 6.04 Å². The van der Waals surface area contributed by atoms with Gasteiger partial charge < -0.3 is 14.7 Å². The molecular formula is C20H28N6O2. The molecule has 1 unspecified atom stereocenters. The van der Waals surface area contributed by atoms with Gasteiger partial charge in [0.15, 0.2) is 0 Å². The smallest absolute Gasteiger partial charge is 0.318 e. The molecule has 2 fully saturated rings. The summed E-state index contributed by atoms with van der Waals surface area (Å²) in [6, 6.07) is 3.27. The number of piperazine rings is 1. The van der Waals surface area contributed by atoms with E-state index in [9.17, 15) is 4.79 Å². The van der Waals surface area contributed by atoms with Gasteiger partial charge in [0.05, 0.1) is 0 Å². The van der Waals surface area contributed by atoms with Crippen LogP contribution in [0.25, 0.3) is 11.4 Å². The van der Waals surface area contributed by atoms with Crippen LogP contribution in [0, 0.1) is 5.92 Å². The van der Waals surface area contributed by atoms with Gasteiger partial charge in [-0.05, 0) is 37.8 Å². The van der Waals surface area contributed by atoms with Crippen molar-refractivity contribution in [3.05, 3.63) is 30.4 Å². The standard InChI is InChI=1S/C20H28N6O2/c1-15(19-23-18(24-28-19)17-7-4-8-21-13-17)22-20(27)26-11-9-25(10-12-26)14-16-5-2-3-6-16/h4,7-8,13,15-16H,2-3,5-6,9-12,14H2,1H3,(H,22,27). The van der Waals surface area contributed by atoms with Crippen LogP contribution in [-0.4, -0.2) is 63.7 Å². The minimum Gasteiger partial charge on any atom is -0.337 e. The van der Waals surface area contributed by atoms with Gasteiger partial charge in [0.25, 0.3) is 0 Å². The number of amides is 2. The number of carbonyl (C=O) groups is 1. The molecule has 8 heteroatoms. The number of nitrogens with zero attached hydrogens (tertiary/aromatic N) is 5. The normalized spacial score (nSPS) is 19.7. The maximum Gasteiger partial charge on any atom is 0.318 e. The average molecular weight is 384 g/mol. The van der Waals surface area contributed by atoms with E-state index in [2.05, 4.69) is 25.3 Å². The highest BCUT2D eigenvalue weighted by atomic mass is 16.5. The van der Waals surface area contributed by atoms with Crippen molar-refractivity contribution in [3.63, 3.8) is 0 Å². The van der Waals surface area contributed by atoms with Crippen molar-refractivity contribution in [2.75, 3.05) is 32.7 Å². The van der Waals surface area contributed by atoms with Gasteiger partial charge in [0.2, 0.25) is 11.7 Å². The van der Waals surface area contributed by atoms with Gasteiger partial charge in [-0.25, -0.2) is 4.79 Å². The van der Waals surface area contributed by atoms with Crippen LogP contribution in [0.4, 0.5) is 4.79 Å². The monoisotopic (exact) mass is 384 g/mol. The molecule has 1 aliphatic heterocycles. The fourth-order valence-electron chi connectivity index (χ4n) is 4.05. The molecule has 1 atom stereocenters. The Bertz CT molecular complexity index is 766. The lowest BCUT2D eigenvalue weighted by molar-refractivity contribution is 0.125. The lowest BCUT2D eigenvalue weighted by Crippen LogP contribution is -2.52. The van der Waals surface area contributed by atoms with Crippen molar-refractivity contribution in [2.24, 2.45) is 5.92 Å². The van der Waals surface area contributed by atoms with Gasteiger partial charge in [-0.15, -0.1) is 0 Å². The summed E-state index contributed by atoms with van der Waals surface area (Å²) >= 11 is 0. The molecule has 2 amide bonds. The van der Waals surface area contributed by atoms with E-state index in [1.807, 2.05) is 24.0 Å². The quantitative estimate of drug-likeness (QED) is 0.853. The van der Waals surface area contributed by atoms with Crippen molar-refractivity contribution in [3.8, 4) is 11.4 Å². The number of hydrogen-bond donors (Lipinski definition) is 1. The van der Waals surface area contributed by atoms with Gasteiger partial charge in [-0.3, -0.25) is 9.88 Å². The molecule has 4 rings (SSSR count). The Hall–Kier alpha value is -2.48. The van der Waals surface area contributed by atoms with E-state index in [0.717, 1.165) is 37.7 Å². The summed E-state index contributed by atoms with van der Waals surface area (Å²) in [4.78, 5) is 25.4. The Balaban J connectivity index is 1.26. The van der Waals surface area contributed by atoms with E-state index in [1.165, 1.54) is 32.2 Å². The highest BCUT2D eigenvalue weighted by molar-refractivity contribution is 5.74. The second-order valence-corrected chi connectivity index (χ2v) is 7.81. The van der Waals surface area contributed by atoms with Crippen molar-refractivity contribution >= 4 is 6.03 Å². The fourth-order valence-corrected chi connectivity index (χ4v) is 4.05. The summed E-state index contributed by atoms with van der Waals surface area (Å²) in [6.45, 7) is 6.46. The number of rotatable bonds is 5. The predicted molar refractivity (Wildman–Crippen MR) is 104 cm³/mol. The van der Waals surface area contributed by atoms with Crippen LogP contribution >= 0.6 is 0 Å². The Labute approximate surface area is 165 Å². The molecule has 0 spiro atoms. The van der Waals surface area contributed by atoms with Crippen molar-refractivity contribution in [1.82, 2.24) is 30.2 Å². The third-order valence-electron chi connectivity index (χ3n) is 5.72. The van der Waals surface area contributed by atoms with Gasteiger partial charge >= 0.3 is 6.03 Å². The lowest BCUT2D eigenvalue weighted by Gasteiger charge is -2.36. The van der Waals surface area contributed by atoms with E-state index < -0.39 is 0 Å². The summed E-state index contributed by atoms with van der Waals surface area (Å²) < 4.78 is 5.33. The van der Waals surface area contributed by atoms with Gasteiger partial charge in [-0.2, -0.15) is 4.98 Å². The lowest BCUT2D eigenvalue weighted by atomic mass is 10.1. The first kappa shape index (κ1) is 18.9. The molecule has 1 saturated heterocycles. The fraction of sp³-hybridized carbons (Fsp3) is 0.600. The number of carbonyl (C=O) groups excluding carboxylic acids is 1. The van der Waals surface area contributed by atoms with E-state index in [4.69, 9.17) is 4.52 Å². The van der Waals surface area contributed by atoms with E-state index >= 15 is 0 Å². The van der Waals surface area contributed by atoms with Crippen molar-refractivity contribution in [1.29, 1.82) is 0 Å². The highest BCUT2D eigenvalue weighted by Gasteiger charge is 2.26. The predicted octanol–water partition coefficient (Wildman–Crippen LogP) is 2.71. The summed E-state index contributed by atoms with van der Waals surface area (Å²) in [7, 11) is 0. The molecule has 1 aliphatic carbocycles. The number of nitrogens with one attached hydrogen (secondary N) is 1. The Morgan fingerprint density at radius 3 is 2.79 bits per heavy atom. The number of pyridine rings is 1. The van der Waals surface area contributed by atoms with Crippen molar-refractivity contribution in [2.45, 2.75) is 38.6 Å². The third kappa shape index (κ3) is 4.49. The second kappa shape index (κ2) is 8.68. The molecule has 8 nitrogen and oxygen atoms in total. The molecule has 1 saturated carbocycles. The van der Waals surface area contributed by atoms with E-state index in [0.29, 0.717) is 11.7 Å². The summed E-state index contributed by atoms with van der Waals surface area (Å²) in [5.41, 5.74) is 0.786. The zero-order valence-corrected chi connectivity index (χ0v) is 16.4. The van der Waals surface area contributed by atoms with Crippen LogP contribution in [-0.2, 0) is 0 Å². The maximum atomic E-state index is 12.6. The molecular weight excluding hydrogens is 356 g/mol. The highest BCUT2D eigenvalue weighted by Crippen LogP contribution is 2.26. The van der Waals surface area contributed by atoms with Gasteiger partial charge in [0, 0.05) is 50.7 Å². The SMILES string of the molecule is CC(NC(=O)N1CCN(CC2CCCC2)CC1)c1nc(-c2cccnc2)no1. The number of urea groups is 1. The average Bonchev–Trinajstić information content (AvgIpc) is 3.41. The van der Waals surface area contributed by atoms with Crippen LogP contribution in [0.3, 0.4) is 0 Å². The summed E-state index contributed by atoms with van der Waals surface area (Å²) in [5, 5.41) is 6.96. The molecule has 2 aromatic rings. The Morgan fingerprint density at radius 2 is 2.07 bits per heavy atom. The number of hydrogen-bond acceptors (Lipinski definition) is 6. The molecule has 0 aromatic carbocycles. The molecule has 2 aliphatic rings. The van der Waals surface area contributed by atoms with E-state index in [1.54, 1.807) is 12.4 Å².